The third-order valence-corrected chi connectivity index (χ3v) is 4.15. The number of ether oxygens (including phenoxy) is 1. The van der Waals surface area contributed by atoms with E-state index < -0.39 is 59.6 Å². The Kier molecular flexibility index (Phi) is 5.63. The Hall–Kier alpha value is -1.72. The van der Waals surface area contributed by atoms with E-state index in [9.17, 15) is 39.6 Å². The minimum atomic E-state index is -3.15. The van der Waals surface area contributed by atoms with Crippen molar-refractivity contribution >= 4 is 23.4 Å². The highest BCUT2D eigenvalue weighted by Crippen LogP contribution is 2.42. The molecule has 0 aromatic heterocycles. The summed E-state index contributed by atoms with van der Waals surface area (Å²) in [7, 11) is 0. The van der Waals surface area contributed by atoms with E-state index in [1.54, 1.807) is 0 Å². The van der Waals surface area contributed by atoms with Crippen molar-refractivity contribution in [3.05, 3.63) is 0 Å². The predicted octanol–water partition coefficient (Wildman–Crippen LogP) is -2.90. The topological polar surface area (TPSA) is 162 Å². The zero-order valence-corrected chi connectivity index (χ0v) is 13.7. The van der Waals surface area contributed by atoms with Crippen molar-refractivity contribution in [2.75, 3.05) is 6.61 Å². The standard InChI is InChI=1S/C14H21NO9/c1-6(17)13(15(8(3)19)9(4)20)12(22)11(21)10(5-16)24-14(13,23)7(2)18/h10-12,16,21-23H,5H2,1-4H3/t10-,11+,12+,13-,14?/m1/s1. The van der Waals surface area contributed by atoms with Gasteiger partial charge in [-0.25, -0.2) is 0 Å². The molecular formula is C14H21NO9. The van der Waals surface area contributed by atoms with Gasteiger partial charge in [0.15, 0.2) is 17.1 Å². The number of ketones is 2. The first-order chi connectivity index (χ1) is 10.9. The molecule has 0 bridgehead atoms. The summed E-state index contributed by atoms with van der Waals surface area (Å²) in [5.74, 6) is -7.63. The maximum Gasteiger partial charge on any atom is 0.261 e. The fourth-order valence-corrected chi connectivity index (χ4v) is 3.13. The summed E-state index contributed by atoms with van der Waals surface area (Å²) in [4.78, 5) is 48.5. The molecule has 1 saturated heterocycles. The van der Waals surface area contributed by atoms with Gasteiger partial charge in [0.2, 0.25) is 11.8 Å². The zero-order chi connectivity index (χ0) is 19.0. The minimum absolute atomic E-state index is 0.193. The van der Waals surface area contributed by atoms with Crippen LogP contribution in [0.1, 0.15) is 27.7 Å². The molecule has 0 radical (unpaired) electrons. The summed E-state index contributed by atoms with van der Waals surface area (Å²) in [6.07, 6.45) is -5.86. The number of Topliss-reactive ketones (excluding diaryl/α,β-unsaturated/α-hetero) is 2. The number of carbonyl (C=O) groups excluding carboxylic acids is 4. The first-order valence-corrected chi connectivity index (χ1v) is 7.10. The highest BCUT2D eigenvalue weighted by atomic mass is 16.7. The summed E-state index contributed by atoms with van der Waals surface area (Å²) in [5, 5.41) is 40.6. The Morgan fingerprint density at radius 2 is 1.46 bits per heavy atom. The van der Waals surface area contributed by atoms with Gasteiger partial charge in [-0.3, -0.25) is 24.1 Å². The largest absolute Gasteiger partial charge is 0.394 e. The van der Waals surface area contributed by atoms with Crippen LogP contribution in [0.5, 0.6) is 0 Å². The third-order valence-electron chi connectivity index (χ3n) is 4.15. The zero-order valence-electron chi connectivity index (χ0n) is 13.7. The van der Waals surface area contributed by atoms with Gasteiger partial charge in [0, 0.05) is 20.8 Å². The van der Waals surface area contributed by atoms with Crippen LogP contribution in [0.2, 0.25) is 0 Å². The predicted molar refractivity (Wildman–Crippen MR) is 76.2 cm³/mol. The minimum Gasteiger partial charge on any atom is -0.394 e. The van der Waals surface area contributed by atoms with Crippen molar-refractivity contribution < 1.29 is 44.3 Å². The molecule has 10 heteroatoms. The van der Waals surface area contributed by atoms with Gasteiger partial charge < -0.3 is 25.2 Å². The van der Waals surface area contributed by atoms with Crippen LogP contribution in [0.3, 0.4) is 0 Å². The molecule has 5 atom stereocenters. The molecule has 24 heavy (non-hydrogen) atoms. The second kappa shape index (κ2) is 6.65. The number of aliphatic hydroxyl groups excluding tert-OH is 3. The number of aliphatic hydroxyl groups is 4. The smallest absolute Gasteiger partial charge is 0.261 e. The Balaban J connectivity index is 3.86. The molecule has 0 aromatic carbocycles. The number of rotatable bonds is 4. The third kappa shape index (κ3) is 2.56. The summed E-state index contributed by atoms with van der Waals surface area (Å²) >= 11 is 0. The highest BCUT2D eigenvalue weighted by molar-refractivity contribution is 6.06. The van der Waals surface area contributed by atoms with Gasteiger partial charge in [-0.15, -0.1) is 0 Å². The Morgan fingerprint density at radius 1 is 1.00 bits per heavy atom. The normalized spacial score (nSPS) is 36.1. The fourth-order valence-electron chi connectivity index (χ4n) is 3.13. The molecule has 0 spiro atoms. The van der Waals surface area contributed by atoms with E-state index in [0.717, 1.165) is 27.7 Å². The number of imide groups is 1. The molecule has 0 saturated carbocycles. The van der Waals surface area contributed by atoms with Gasteiger partial charge >= 0.3 is 0 Å². The fraction of sp³-hybridized carbons (Fsp3) is 0.714. The van der Waals surface area contributed by atoms with Crippen LogP contribution in [0.25, 0.3) is 0 Å². The first kappa shape index (κ1) is 20.3. The van der Waals surface area contributed by atoms with Crippen LogP contribution in [0.15, 0.2) is 0 Å². The Morgan fingerprint density at radius 3 is 1.75 bits per heavy atom. The van der Waals surface area contributed by atoms with E-state index >= 15 is 0 Å². The van der Waals surface area contributed by atoms with E-state index in [-0.39, 0.29) is 4.90 Å². The number of amides is 2. The van der Waals surface area contributed by atoms with Crippen LogP contribution in [0.4, 0.5) is 0 Å². The summed E-state index contributed by atoms with van der Waals surface area (Å²) in [6.45, 7) is 2.50. The average molecular weight is 347 g/mol. The second-order valence-corrected chi connectivity index (χ2v) is 5.67. The van der Waals surface area contributed by atoms with Gasteiger partial charge in [0.25, 0.3) is 5.79 Å². The molecule has 2 amide bonds. The molecule has 0 aliphatic carbocycles. The van der Waals surface area contributed by atoms with Crippen LogP contribution >= 0.6 is 0 Å². The van der Waals surface area contributed by atoms with Gasteiger partial charge in [-0.05, 0) is 6.92 Å². The van der Waals surface area contributed by atoms with Gasteiger partial charge in [-0.2, -0.15) is 0 Å². The maximum atomic E-state index is 12.4. The molecular weight excluding hydrogens is 326 g/mol. The summed E-state index contributed by atoms with van der Waals surface area (Å²) in [6, 6.07) is 0. The lowest BCUT2D eigenvalue weighted by atomic mass is 9.71. The van der Waals surface area contributed by atoms with E-state index in [4.69, 9.17) is 4.74 Å². The van der Waals surface area contributed by atoms with Gasteiger partial charge in [0.1, 0.15) is 18.3 Å². The van der Waals surface area contributed by atoms with Gasteiger partial charge in [-0.1, -0.05) is 0 Å². The highest BCUT2D eigenvalue weighted by Gasteiger charge is 2.73. The van der Waals surface area contributed by atoms with E-state index in [1.165, 1.54) is 0 Å². The van der Waals surface area contributed by atoms with Crippen LogP contribution in [-0.2, 0) is 23.9 Å². The van der Waals surface area contributed by atoms with Crippen molar-refractivity contribution in [3.63, 3.8) is 0 Å². The average Bonchev–Trinajstić information content (AvgIpc) is 2.45. The van der Waals surface area contributed by atoms with Crippen molar-refractivity contribution in [3.8, 4) is 0 Å². The quantitative estimate of drug-likeness (QED) is 0.418. The van der Waals surface area contributed by atoms with Gasteiger partial charge in [0.05, 0.1) is 6.61 Å². The molecule has 1 fully saturated rings. The Bertz CT molecular complexity index is 563. The van der Waals surface area contributed by atoms with E-state index in [2.05, 4.69) is 0 Å². The number of carbonyl (C=O) groups is 4. The lowest BCUT2D eigenvalue weighted by Crippen LogP contribution is -2.84. The SMILES string of the molecule is CC(=O)N(C(C)=O)[C@]1(C(C)=O)[C@@H](O)[C@@H](O)[C@@H](CO)OC1(O)C(C)=O. The molecule has 1 aliphatic heterocycles. The van der Waals surface area contributed by atoms with Crippen molar-refractivity contribution in [2.45, 2.75) is 57.3 Å². The molecule has 0 aromatic rings. The van der Waals surface area contributed by atoms with E-state index in [1.807, 2.05) is 0 Å². The number of nitrogens with zero attached hydrogens (tertiary/aromatic N) is 1. The Labute approximate surface area is 137 Å². The molecule has 1 aliphatic rings. The molecule has 10 nitrogen and oxygen atoms in total. The molecule has 136 valence electrons. The van der Waals surface area contributed by atoms with Crippen molar-refractivity contribution in [1.29, 1.82) is 0 Å². The molecule has 1 rings (SSSR count). The number of hydrogen-bond donors (Lipinski definition) is 4. The first-order valence-electron chi connectivity index (χ1n) is 7.10. The molecule has 1 unspecified atom stereocenters. The van der Waals surface area contributed by atoms with Crippen LogP contribution < -0.4 is 0 Å². The van der Waals surface area contributed by atoms with E-state index in [0.29, 0.717) is 0 Å². The van der Waals surface area contributed by atoms with Crippen molar-refractivity contribution in [1.82, 2.24) is 4.90 Å². The molecule has 4 N–H and O–H groups in total. The second-order valence-electron chi connectivity index (χ2n) is 5.67. The van der Waals surface area contributed by atoms with Crippen molar-refractivity contribution in [2.24, 2.45) is 0 Å². The summed E-state index contributed by atoms with van der Waals surface area (Å²) in [5.41, 5.74) is -2.90. The maximum absolute atomic E-state index is 12.4. The van der Waals surface area contributed by atoms with Crippen LogP contribution in [-0.4, -0.2) is 85.0 Å². The monoisotopic (exact) mass is 347 g/mol. The summed E-state index contributed by atoms with van der Waals surface area (Å²) < 4.78 is 5.00. The lowest BCUT2D eigenvalue weighted by molar-refractivity contribution is -0.334. The molecule has 1 heterocycles. The lowest BCUT2D eigenvalue weighted by Gasteiger charge is -2.56. The van der Waals surface area contributed by atoms with Crippen LogP contribution in [0, 0.1) is 0 Å². The number of hydrogen-bond acceptors (Lipinski definition) is 9.